The normalized spacial score (nSPS) is 19.6. The van der Waals surface area contributed by atoms with Gasteiger partial charge in [0.25, 0.3) is 0 Å². The minimum Gasteiger partial charge on any atom is -0.478 e. The molecule has 1 fully saturated rings. The Morgan fingerprint density at radius 3 is 2.79 bits per heavy atom. The monoisotopic (exact) mass is 199 g/mol. The molecule has 0 aliphatic carbocycles. The van der Waals surface area contributed by atoms with E-state index in [0.29, 0.717) is 18.2 Å². The van der Waals surface area contributed by atoms with Crippen molar-refractivity contribution in [2.75, 3.05) is 19.8 Å². The number of carbonyl (C=O) groups is 1. The first-order valence-electron chi connectivity index (χ1n) is 4.91. The van der Waals surface area contributed by atoms with Crippen molar-refractivity contribution in [3.8, 4) is 0 Å². The first kappa shape index (κ1) is 11.2. The molecule has 4 heteroatoms. The van der Waals surface area contributed by atoms with Gasteiger partial charge < -0.3 is 15.2 Å². The van der Waals surface area contributed by atoms with Crippen molar-refractivity contribution in [1.82, 2.24) is 5.32 Å². The number of nitrogens with one attached hydrogen (secondary N) is 1. The van der Waals surface area contributed by atoms with E-state index >= 15 is 0 Å². The number of carboxylic acid groups (broad SMARTS) is 1. The van der Waals surface area contributed by atoms with Crippen LogP contribution in [0.15, 0.2) is 11.6 Å². The molecule has 0 aromatic rings. The largest absolute Gasteiger partial charge is 0.478 e. The van der Waals surface area contributed by atoms with Gasteiger partial charge in [0.15, 0.2) is 0 Å². The molecule has 2 N–H and O–H groups in total. The molecule has 1 rings (SSSR count). The lowest BCUT2D eigenvalue weighted by molar-refractivity contribution is -0.132. The van der Waals surface area contributed by atoms with Crippen molar-refractivity contribution >= 4 is 5.97 Å². The third-order valence-corrected chi connectivity index (χ3v) is 2.37. The molecule has 0 amide bonds. The quantitative estimate of drug-likeness (QED) is 0.657. The molecule has 0 saturated carbocycles. The van der Waals surface area contributed by atoms with Crippen LogP contribution in [0.25, 0.3) is 0 Å². The first-order chi connectivity index (χ1) is 6.70. The van der Waals surface area contributed by atoms with Crippen LogP contribution in [-0.4, -0.2) is 36.9 Å². The standard InChI is InChI=1S/C10H17NO3/c1-8(10(12)13)2-5-11-9-3-6-14-7-4-9/h2,9,11H,3-7H2,1H3,(H,12,13). The average molecular weight is 199 g/mol. The van der Waals surface area contributed by atoms with Gasteiger partial charge in [-0.2, -0.15) is 0 Å². The van der Waals surface area contributed by atoms with Gasteiger partial charge in [-0.3, -0.25) is 0 Å². The molecule has 0 radical (unpaired) electrons. The van der Waals surface area contributed by atoms with Crippen LogP contribution in [0, 0.1) is 0 Å². The van der Waals surface area contributed by atoms with Gasteiger partial charge in [-0.25, -0.2) is 4.79 Å². The van der Waals surface area contributed by atoms with E-state index in [2.05, 4.69) is 5.32 Å². The van der Waals surface area contributed by atoms with Crippen LogP contribution < -0.4 is 5.32 Å². The minimum absolute atomic E-state index is 0.393. The second kappa shape index (κ2) is 5.78. The summed E-state index contributed by atoms with van der Waals surface area (Å²) in [5, 5.41) is 11.9. The second-order valence-electron chi connectivity index (χ2n) is 3.49. The Kier molecular flexibility index (Phi) is 4.62. The van der Waals surface area contributed by atoms with Crippen molar-refractivity contribution in [1.29, 1.82) is 0 Å². The van der Waals surface area contributed by atoms with Crippen LogP contribution in [0.2, 0.25) is 0 Å². The highest BCUT2D eigenvalue weighted by Crippen LogP contribution is 2.05. The van der Waals surface area contributed by atoms with E-state index in [1.165, 1.54) is 0 Å². The molecule has 0 aromatic heterocycles. The van der Waals surface area contributed by atoms with Gasteiger partial charge in [-0.1, -0.05) is 6.08 Å². The van der Waals surface area contributed by atoms with E-state index in [9.17, 15) is 4.79 Å². The Hall–Kier alpha value is -0.870. The summed E-state index contributed by atoms with van der Waals surface area (Å²) in [4.78, 5) is 10.5. The third-order valence-electron chi connectivity index (χ3n) is 2.37. The summed E-state index contributed by atoms with van der Waals surface area (Å²) in [6.07, 6.45) is 3.73. The van der Waals surface area contributed by atoms with Crippen molar-refractivity contribution in [2.24, 2.45) is 0 Å². The molecule has 14 heavy (non-hydrogen) atoms. The minimum atomic E-state index is -0.848. The first-order valence-corrected chi connectivity index (χ1v) is 4.91. The zero-order valence-corrected chi connectivity index (χ0v) is 8.45. The Morgan fingerprint density at radius 1 is 1.57 bits per heavy atom. The molecule has 0 spiro atoms. The van der Waals surface area contributed by atoms with Gasteiger partial charge >= 0.3 is 5.97 Å². The molecule has 0 bridgehead atoms. The predicted molar refractivity (Wildman–Crippen MR) is 53.2 cm³/mol. The van der Waals surface area contributed by atoms with Crippen LogP contribution in [0.5, 0.6) is 0 Å². The zero-order valence-electron chi connectivity index (χ0n) is 8.45. The highest BCUT2D eigenvalue weighted by molar-refractivity contribution is 5.85. The molecule has 0 aromatic carbocycles. The van der Waals surface area contributed by atoms with Crippen LogP contribution in [0.4, 0.5) is 0 Å². The average Bonchev–Trinajstić information content (AvgIpc) is 2.19. The summed E-state index contributed by atoms with van der Waals surface area (Å²) >= 11 is 0. The molecular formula is C10H17NO3. The SMILES string of the molecule is CC(=CCNC1CCOCC1)C(=O)O. The Bertz CT molecular complexity index is 219. The second-order valence-corrected chi connectivity index (χ2v) is 3.49. The van der Waals surface area contributed by atoms with E-state index < -0.39 is 5.97 Å². The highest BCUT2D eigenvalue weighted by atomic mass is 16.5. The van der Waals surface area contributed by atoms with Gasteiger partial charge in [0, 0.05) is 31.4 Å². The molecule has 80 valence electrons. The van der Waals surface area contributed by atoms with E-state index in [0.717, 1.165) is 26.1 Å². The molecule has 1 aliphatic rings. The Morgan fingerprint density at radius 2 is 2.21 bits per heavy atom. The van der Waals surface area contributed by atoms with Crippen molar-refractivity contribution in [2.45, 2.75) is 25.8 Å². The van der Waals surface area contributed by atoms with E-state index in [1.54, 1.807) is 13.0 Å². The van der Waals surface area contributed by atoms with E-state index in [1.807, 2.05) is 0 Å². The zero-order chi connectivity index (χ0) is 10.4. The van der Waals surface area contributed by atoms with Gasteiger partial charge in [-0.15, -0.1) is 0 Å². The van der Waals surface area contributed by atoms with Crippen molar-refractivity contribution < 1.29 is 14.6 Å². The summed E-state index contributed by atoms with van der Waals surface area (Å²) in [7, 11) is 0. The van der Waals surface area contributed by atoms with Gasteiger partial charge in [0.1, 0.15) is 0 Å². The summed E-state index contributed by atoms with van der Waals surface area (Å²) < 4.78 is 5.22. The van der Waals surface area contributed by atoms with Crippen LogP contribution in [0.1, 0.15) is 19.8 Å². The number of hydrogen-bond donors (Lipinski definition) is 2. The molecule has 1 saturated heterocycles. The molecule has 1 aliphatic heterocycles. The van der Waals surface area contributed by atoms with Gasteiger partial charge in [0.05, 0.1) is 0 Å². The lowest BCUT2D eigenvalue weighted by Crippen LogP contribution is -2.34. The van der Waals surface area contributed by atoms with E-state index in [-0.39, 0.29) is 0 Å². The number of hydrogen-bond acceptors (Lipinski definition) is 3. The fourth-order valence-corrected chi connectivity index (χ4v) is 1.37. The summed E-state index contributed by atoms with van der Waals surface area (Å²) in [5.41, 5.74) is 0.393. The fraction of sp³-hybridized carbons (Fsp3) is 0.700. The van der Waals surface area contributed by atoms with Gasteiger partial charge in [0.2, 0.25) is 0 Å². The maximum absolute atomic E-state index is 10.5. The Balaban J connectivity index is 2.19. The predicted octanol–water partition coefficient (Wildman–Crippen LogP) is 0.786. The number of aliphatic carboxylic acids is 1. The molecule has 1 heterocycles. The highest BCUT2D eigenvalue weighted by Gasteiger charge is 2.11. The van der Waals surface area contributed by atoms with Crippen LogP contribution in [0.3, 0.4) is 0 Å². The Labute approximate surface area is 83.9 Å². The molecular weight excluding hydrogens is 182 g/mol. The number of carboxylic acids is 1. The van der Waals surface area contributed by atoms with Crippen LogP contribution in [-0.2, 0) is 9.53 Å². The summed E-state index contributed by atoms with van der Waals surface area (Å²) in [6.45, 7) is 3.84. The number of ether oxygens (including phenoxy) is 1. The third kappa shape index (κ3) is 3.89. The fourth-order valence-electron chi connectivity index (χ4n) is 1.37. The molecule has 4 nitrogen and oxygen atoms in total. The topological polar surface area (TPSA) is 58.6 Å². The summed E-state index contributed by atoms with van der Waals surface area (Å²) in [6, 6.07) is 0.474. The van der Waals surface area contributed by atoms with Crippen molar-refractivity contribution in [3.05, 3.63) is 11.6 Å². The smallest absolute Gasteiger partial charge is 0.330 e. The maximum Gasteiger partial charge on any atom is 0.330 e. The lowest BCUT2D eigenvalue weighted by atomic mass is 10.1. The van der Waals surface area contributed by atoms with Crippen LogP contribution >= 0.6 is 0 Å². The summed E-state index contributed by atoms with van der Waals surface area (Å²) in [5.74, 6) is -0.848. The lowest BCUT2D eigenvalue weighted by Gasteiger charge is -2.22. The van der Waals surface area contributed by atoms with Crippen molar-refractivity contribution in [3.63, 3.8) is 0 Å². The number of rotatable bonds is 4. The molecule has 0 unspecified atom stereocenters. The molecule has 0 atom stereocenters. The maximum atomic E-state index is 10.5. The van der Waals surface area contributed by atoms with Gasteiger partial charge in [-0.05, 0) is 19.8 Å². The van der Waals surface area contributed by atoms with E-state index in [4.69, 9.17) is 9.84 Å².